The smallest absolute Gasteiger partial charge is 0.327 e. The first-order chi connectivity index (χ1) is 8.75. The molecule has 0 spiro atoms. The third-order valence-electron chi connectivity index (χ3n) is 3.18. The van der Waals surface area contributed by atoms with Gasteiger partial charge in [0.2, 0.25) is 5.95 Å². The van der Waals surface area contributed by atoms with Gasteiger partial charge in [-0.1, -0.05) is 12.1 Å². The number of hydrogen-bond acceptors (Lipinski definition) is 4. The van der Waals surface area contributed by atoms with Crippen molar-refractivity contribution in [3.05, 3.63) is 24.3 Å². The van der Waals surface area contributed by atoms with Gasteiger partial charge < -0.3 is 20.3 Å². The van der Waals surface area contributed by atoms with Crippen LogP contribution in [0.3, 0.4) is 0 Å². The first-order valence-corrected chi connectivity index (χ1v) is 5.90. The van der Waals surface area contributed by atoms with Gasteiger partial charge in [0.25, 0.3) is 0 Å². The van der Waals surface area contributed by atoms with Crippen molar-refractivity contribution in [2.75, 3.05) is 24.5 Å². The second kappa shape index (κ2) is 4.30. The van der Waals surface area contributed by atoms with Crippen LogP contribution in [0, 0.1) is 0 Å². The summed E-state index contributed by atoms with van der Waals surface area (Å²) in [6.07, 6.45) is 0. The van der Waals surface area contributed by atoms with E-state index >= 15 is 0 Å². The summed E-state index contributed by atoms with van der Waals surface area (Å²) in [5.41, 5.74) is 1.78. The molecule has 6 heteroatoms. The molecular weight excluding hydrogens is 232 g/mol. The molecule has 1 saturated heterocycles. The van der Waals surface area contributed by atoms with Crippen molar-refractivity contribution in [2.24, 2.45) is 0 Å². The molecule has 0 saturated carbocycles. The Hall–Kier alpha value is -2.08. The summed E-state index contributed by atoms with van der Waals surface area (Å²) in [5.74, 6) is -0.201. The fourth-order valence-electron chi connectivity index (χ4n) is 2.25. The van der Waals surface area contributed by atoms with E-state index in [9.17, 15) is 9.90 Å². The van der Waals surface area contributed by atoms with Crippen LogP contribution in [-0.2, 0) is 4.79 Å². The number of anilines is 1. The highest BCUT2D eigenvalue weighted by Gasteiger charge is 2.30. The Morgan fingerprint density at radius 2 is 2.28 bits per heavy atom. The van der Waals surface area contributed by atoms with E-state index in [1.54, 1.807) is 4.90 Å². The zero-order valence-corrected chi connectivity index (χ0v) is 9.76. The lowest BCUT2D eigenvalue weighted by Crippen LogP contribution is -2.55. The SMILES string of the molecule is O=C(O)[C@H]1CNCCN1c1nc2ccccc2[nH]1. The minimum Gasteiger partial charge on any atom is -0.480 e. The predicted octanol–water partition coefficient (Wildman–Crippen LogP) is 0.426. The van der Waals surface area contributed by atoms with E-state index < -0.39 is 12.0 Å². The normalized spacial score (nSPS) is 20.2. The number of carboxylic acids is 1. The second-order valence-corrected chi connectivity index (χ2v) is 4.33. The number of carbonyl (C=O) groups is 1. The Kier molecular flexibility index (Phi) is 2.64. The van der Waals surface area contributed by atoms with Crippen LogP contribution in [0.5, 0.6) is 0 Å². The molecule has 1 aliphatic rings. The van der Waals surface area contributed by atoms with Crippen molar-refractivity contribution in [1.82, 2.24) is 15.3 Å². The molecule has 1 aliphatic heterocycles. The van der Waals surface area contributed by atoms with Gasteiger partial charge in [0.05, 0.1) is 11.0 Å². The maximum atomic E-state index is 11.2. The number of carboxylic acid groups (broad SMARTS) is 1. The monoisotopic (exact) mass is 246 g/mol. The maximum absolute atomic E-state index is 11.2. The average molecular weight is 246 g/mol. The second-order valence-electron chi connectivity index (χ2n) is 4.33. The number of nitrogens with one attached hydrogen (secondary N) is 2. The zero-order valence-electron chi connectivity index (χ0n) is 9.76. The van der Waals surface area contributed by atoms with Crippen LogP contribution in [0.4, 0.5) is 5.95 Å². The Labute approximate surface area is 104 Å². The third-order valence-corrected chi connectivity index (χ3v) is 3.18. The molecule has 3 N–H and O–H groups in total. The highest BCUT2D eigenvalue weighted by molar-refractivity contribution is 5.81. The summed E-state index contributed by atoms with van der Waals surface area (Å²) in [7, 11) is 0. The molecule has 3 rings (SSSR count). The Morgan fingerprint density at radius 3 is 3.06 bits per heavy atom. The summed E-state index contributed by atoms with van der Waals surface area (Å²) >= 11 is 0. The number of nitrogens with zero attached hydrogens (tertiary/aromatic N) is 2. The van der Waals surface area contributed by atoms with Crippen LogP contribution in [0.25, 0.3) is 11.0 Å². The van der Waals surface area contributed by atoms with Gasteiger partial charge in [-0.15, -0.1) is 0 Å². The molecular formula is C12H14N4O2. The fourth-order valence-corrected chi connectivity index (χ4v) is 2.25. The van der Waals surface area contributed by atoms with Crippen molar-refractivity contribution in [3.8, 4) is 0 Å². The van der Waals surface area contributed by atoms with Crippen LogP contribution in [0.1, 0.15) is 0 Å². The number of benzene rings is 1. The standard InChI is InChI=1S/C12H14N4O2/c17-11(18)10-7-13-5-6-16(10)12-14-8-3-1-2-4-9(8)15-12/h1-4,10,13H,5-7H2,(H,14,15)(H,17,18)/t10-/m1/s1. The van der Waals surface area contributed by atoms with Gasteiger partial charge in [0.1, 0.15) is 6.04 Å². The van der Waals surface area contributed by atoms with Crippen LogP contribution in [0.15, 0.2) is 24.3 Å². The number of hydrogen-bond donors (Lipinski definition) is 3. The summed E-state index contributed by atoms with van der Waals surface area (Å²) in [5, 5.41) is 12.3. The third kappa shape index (κ3) is 1.80. The number of aromatic amines is 1. The average Bonchev–Trinajstić information content (AvgIpc) is 2.82. The fraction of sp³-hybridized carbons (Fsp3) is 0.333. The largest absolute Gasteiger partial charge is 0.480 e. The van der Waals surface area contributed by atoms with Crippen LogP contribution >= 0.6 is 0 Å². The predicted molar refractivity (Wildman–Crippen MR) is 67.7 cm³/mol. The van der Waals surface area contributed by atoms with Crippen molar-refractivity contribution in [3.63, 3.8) is 0 Å². The van der Waals surface area contributed by atoms with Gasteiger partial charge in [-0.3, -0.25) is 0 Å². The number of piperazine rings is 1. The first kappa shape index (κ1) is 11.0. The highest BCUT2D eigenvalue weighted by Crippen LogP contribution is 2.19. The molecule has 6 nitrogen and oxygen atoms in total. The Bertz CT molecular complexity index is 547. The van der Waals surface area contributed by atoms with Crippen LogP contribution in [-0.4, -0.2) is 46.7 Å². The van der Waals surface area contributed by atoms with E-state index in [4.69, 9.17) is 0 Å². The minimum absolute atomic E-state index is 0.437. The van der Waals surface area contributed by atoms with Gasteiger partial charge in [-0.25, -0.2) is 9.78 Å². The van der Waals surface area contributed by atoms with Gasteiger partial charge in [0, 0.05) is 19.6 Å². The lowest BCUT2D eigenvalue weighted by atomic mass is 10.2. The Morgan fingerprint density at radius 1 is 1.44 bits per heavy atom. The molecule has 1 aromatic heterocycles. The minimum atomic E-state index is -0.831. The number of rotatable bonds is 2. The molecule has 1 aromatic carbocycles. The van der Waals surface area contributed by atoms with Gasteiger partial charge in [-0.05, 0) is 12.1 Å². The molecule has 0 radical (unpaired) electrons. The first-order valence-electron chi connectivity index (χ1n) is 5.90. The topological polar surface area (TPSA) is 81.2 Å². The number of aliphatic carboxylic acids is 1. The van der Waals surface area contributed by atoms with E-state index in [2.05, 4.69) is 15.3 Å². The van der Waals surface area contributed by atoms with Crippen molar-refractivity contribution >= 4 is 23.0 Å². The molecule has 2 aromatic rings. The van der Waals surface area contributed by atoms with Crippen molar-refractivity contribution in [2.45, 2.75) is 6.04 Å². The summed E-state index contributed by atoms with van der Waals surface area (Å²) in [6.45, 7) is 1.84. The number of imidazole rings is 1. The van der Waals surface area contributed by atoms with E-state index in [-0.39, 0.29) is 0 Å². The molecule has 0 amide bonds. The zero-order chi connectivity index (χ0) is 12.5. The molecule has 0 unspecified atom stereocenters. The Balaban J connectivity index is 1.98. The van der Waals surface area contributed by atoms with Gasteiger partial charge >= 0.3 is 5.97 Å². The van der Waals surface area contributed by atoms with Crippen LogP contribution in [0.2, 0.25) is 0 Å². The summed E-state index contributed by atoms with van der Waals surface area (Å²) in [6, 6.07) is 7.12. The molecule has 1 atom stereocenters. The number of H-pyrrole nitrogens is 1. The molecule has 2 heterocycles. The number of para-hydroxylation sites is 2. The lowest BCUT2D eigenvalue weighted by molar-refractivity contribution is -0.138. The maximum Gasteiger partial charge on any atom is 0.327 e. The summed E-state index contributed by atoms with van der Waals surface area (Å²) < 4.78 is 0. The van der Waals surface area contributed by atoms with Crippen molar-refractivity contribution in [1.29, 1.82) is 0 Å². The lowest BCUT2D eigenvalue weighted by Gasteiger charge is -2.33. The molecule has 1 fully saturated rings. The molecule has 0 bridgehead atoms. The molecule has 94 valence electrons. The number of aromatic nitrogens is 2. The van der Waals surface area contributed by atoms with Gasteiger partial charge in [0.15, 0.2) is 0 Å². The number of fused-ring (bicyclic) bond motifs is 1. The van der Waals surface area contributed by atoms with Crippen molar-refractivity contribution < 1.29 is 9.90 Å². The van der Waals surface area contributed by atoms with E-state index in [1.165, 1.54) is 0 Å². The van der Waals surface area contributed by atoms with E-state index in [1.807, 2.05) is 24.3 Å². The van der Waals surface area contributed by atoms with E-state index in [0.717, 1.165) is 17.6 Å². The van der Waals surface area contributed by atoms with Crippen LogP contribution < -0.4 is 10.2 Å². The van der Waals surface area contributed by atoms with E-state index in [0.29, 0.717) is 19.0 Å². The highest BCUT2D eigenvalue weighted by atomic mass is 16.4. The quantitative estimate of drug-likeness (QED) is 0.715. The molecule has 0 aliphatic carbocycles. The summed E-state index contributed by atoms with van der Waals surface area (Å²) in [4.78, 5) is 20.7. The molecule has 18 heavy (non-hydrogen) atoms. The van der Waals surface area contributed by atoms with Gasteiger partial charge in [-0.2, -0.15) is 0 Å².